The van der Waals surface area contributed by atoms with Crippen molar-refractivity contribution in [3.8, 4) is 0 Å². The van der Waals surface area contributed by atoms with E-state index in [1.807, 2.05) is 20.8 Å². The summed E-state index contributed by atoms with van der Waals surface area (Å²) in [5.41, 5.74) is 8.56. The van der Waals surface area contributed by atoms with Crippen LogP contribution in [0.2, 0.25) is 0 Å². The second-order valence-corrected chi connectivity index (χ2v) is 5.33. The predicted octanol–water partition coefficient (Wildman–Crippen LogP) is 2.49. The van der Waals surface area contributed by atoms with E-state index in [0.717, 1.165) is 4.47 Å². The number of hydrogen-bond acceptors (Lipinski definition) is 3. The first-order valence-corrected chi connectivity index (χ1v) is 5.62. The number of halogens is 1. The molecule has 0 radical (unpaired) electrons. The Balaban J connectivity index is 2.73. The van der Waals surface area contributed by atoms with E-state index in [1.54, 1.807) is 18.2 Å². The van der Waals surface area contributed by atoms with Crippen LogP contribution in [0.3, 0.4) is 0 Å². The number of benzene rings is 1. The van der Waals surface area contributed by atoms with Crippen molar-refractivity contribution in [2.24, 2.45) is 0 Å². The molecule has 0 aromatic heterocycles. The first-order chi connectivity index (χ1) is 7.28. The summed E-state index contributed by atoms with van der Waals surface area (Å²) < 4.78 is 0.758. The Morgan fingerprint density at radius 2 is 2.00 bits per heavy atom. The van der Waals surface area contributed by atoms with Gasteiger partial charge in [0.1, 0.15) is 0 Å². The van der Waals surface area contributed by atoms with Gasteiger partial charge in [0.2, 0.25) is 0 Å². The van der Waals surface area contributed by atoms with E-state index in [9.17, 15) is 4.79 Å². The van der Waals surface area contributed by atoms with Crippen molar-refractivity contribution < 1.29 is 9.63 Å². The van der Waals surface area contributed by atoms with Crippen molar-refractivity contribution in [3.63, 3.8) is 0 Å². The molecule has 0 fully saturated rings. The molecule has 0 aliphatic heterocycles. The Bertz CT molecular complexity index is 379. The SMILES string of the molecule is CC(C)(C)ONC(=O)c1cc(N)cc(Br)c1. The van der Waals surface area contributed by atoms with Crippen LogP contribution in [0.25, 0.3) is 0 Å². The fourth-order valence-corrected chi connectivity index (χ4v) is 1.51. The van der Waals surface area contributed by atoms with Crippen LogP contribution in [-0.2, 0) is 4.84 Å². The standard InChI is InChI=1S/C11H15BrN2O2/c1-11(2,3)16-14-10(15)7-4-8(12)6-9(13)5-7/h4-6H,13H2,1-3H3,(H,14,15). The molecule has 0 saturated carbocycles. The highest BCUT2D eigenvalue weighted by Crippen LogP contribution is 2.17. The largest absolute Gasteiger partial charge is 0.399 e. The van der Waals surface area contributed by atoms with E-state index in [2.05, 4.69) is 21.4 Å². The van der Waals surface area contributed by atoms with Crippen molar-refractivity contribution in [1.29, 1.82) is 0 Å². The number of nitrogens with one attached hydrogen (secondary N) is 1. The minimum Gasteiger partial charge on any atom is -0.399 e. The molecule has 0 aliphatic rings. The number of amides is 1. The molecular weight excluding hydrogens is 272 g/mol. The Morgan fingerprint density at radius 1 is 1.38 bits per heavy atom. The highest BCUT2D eigenvalue weighted by Gasteiger charge is 2.14. The van der Waals surface area contributed by atoms with E-state index in [-0.39, 0.29) is 5.91 Å². The summed E-state index contributed by atoms with van der Waals surface area (Å²) in [6, 6.07) is 4.99. The first kappa shape index (κ1) is 13.0. The molecule has 0 atom stereocenters. The zero-order chi connectivity index (χ0) is 12.3. The fraction of sp³-hybridized carbons (Fsp3) is 0.364. The van der Waals surface area contributed by atoms with Gasteiger partial charge in [0.05, 0.1) is 5.60 Å². The first-order valence-electron chi connectivity index (χ1n) is 4.82. The molecule has 1 rings (SSSR count). The molecule has 0 saturated heterocycles. The fourth-order valence-electron chi connectivity index (χ4n) is 1.00. The summed E-state index contributed by atoms with van der Waals surface area (Å²) in [5.74, 6) is -0.317. The number of nitrogen functional groups attached to an aromatic ring is 1. The molecule has 16 heavy (non-hydrogen) atoms. The van der Waals surface area contributed by atoms with Crippen molar-refractivity contribution in [2.45, 2.75) is 26.4 Å². The zero-order valence-corrected chi connectivity index (χ0v) is 11.1. The van der Waals surface area contributed by atoms with Crippen molar-refractivity contribution >= 4 is 27.5 Å². The molecular formula is C11H15BrN2O2. The van der Waals surface area contributed by atoms with Gasteiger partial charge in [-0.2, -0.15) is 0 Å². The van der Waals surface area contributed by atoms with Gasteiger partial charge < -0.3 is 5.73 Å². The second-order valence-electron chi connectivity index (χ2n) is 4.42. The van der Waals surface area contributed by atoms with Gasteiger partial charge in [-0.25, -0.2) is 5.48 Å². The van der Waals surface area contributed by atoms with E-state index >= 15 is 0 Å². The quantitative estimate of drug-likeness (QED) is 0.649. The lowest BCUT2D eigenvalue weighted by molar-refractivity contribution is -0.0589. The molecule has 0 unspecified atom stereocenters. The van der Waals surface area contributed by atoms with Crippen LogP contribution >= 0.6 is 15.9 Å². The second kappa shape index (κ2) is 4.84. The molecule has 3 N–H and O–H groups in total. The number of anilines is 1. The molecule has 4 nitrogen and oxygen atoms in total. The lowest BCUT2D eigenvalue weighted by atomic mass is 10.2. The minimum atomic E-state index is -0.423. The third kappa shape index (κ3) is 4.20. The summed E-state index contributed by atoms with van der Waals surface area (Å²) in [4.78, 5) is 16.9. The van der Waals surface area contributed by atoms with Gasteiger partial charge in [0.15, 0.2) is 0 Å². The van der Waals surface area contributed by atoms with Crippen LogP contribution in [-0.4, -0.2) is 11.5 Å². The Morgan fingerprint density at radius 3 is 2.50 bits per heavy atom. The number of carbonyl (C=O) groups excluding carboxylic acids is 1. The lowest BCUT2D eigenvalue weighted by Gasteiger charge is -2.19. The minimum absolute atomic E-state index is 0.317. The smallest absolute Gasteiger partial charge is 0.274 e. The topological polar surface area (TPSA) is 64.3 Å². The molecule has 0 aliphatic carbocycles. The van der Waals surface area contributed by atoms with Gasteiger partial charge in [-0.05, 0) is 39.0 Å². The van der Waals surface area contributed by atoms with Gasteiger partial charge in [0, 0.05) is 15.7 Å². The highest BCUT2D eigenvalue weighted by molar-refractivity contribution is 9.10. The summed E-state index contributed by atoms with van der Waals surface area (Å²) in [7, 11) is 0. The average molecular weight is 287 g/mol. The maximum atomic E-state index is 11.7. The van der Waals surface area contributed by atoms with Crippen LogP contribution in [0, 0.1) is 0 Å². The van der Waals surface area contributed by atoms with Crippen molar-refractivity contribution in [2.75, 3.05) is 5.73 Å². The number of hydrogen-bond donors (Lipinski definition) is 2. The van der Waals surface area contributed by atoms with E-state index < -0.39 is 5.60 Å². The number of carbonyl (C=O) groups is 1. The van der Waals surface area contributed by atoms with Crippen molar-refractivity contribution in [3.05, 3.63) is 28.2 Å². The summed E-state index contributed by atoms with van der Waals surface area (Å²) in [5, 5.41) is 0. The molecule has 0 spiro atoms. The van der Waals surface area contributed by atoms with Gasteiger partial charge in [0.25, 0.3) is 5.91 Å². The molecule has 88 valence electrons. The maximum Gasteiger partial charge on any atom is 0.274 e. The monoisotopic (exact) mass is 286 g/mol. The van der Waals surface area contributed by atoms with E-state index in [0.29, 0.717) is 11.3 Å². The Labute approximate surface area is 103 Å². The zero-order valence-electron chi connectivity index (χ0n) is 9.50. The number of hydroxylamine groups is 1. The van der Waals surface area contributed by atoms with Gasteiger partial charge >= 0.3 is 0 Å². The normalized spacial score (nSPS) is 11.2. The molecule has 1 aromatic carbocycles. The van der Waals surface area contributed by atoms with Gasteiger partial charge in [-0.3, -0.25) is 9.63 Å². The van der Waals surface area contributed by atoms with E-state index in [1.165, 1.54) is 0 Å². The lowest BCUT2D eigenvalue weighted by Crippen LogP contribution is -2.33. The molecule has 5 heteroatoms. The van der Waals surface area contributed by atoms with Crippen LogP contribution in [0.5, 0.6) is 0 Å². The summed E-state index contributed by atoms with van der Waals surface area (Å²) >= 11 is 3.27. The summed E-state index contributed by atoms with van der Waals surface area (Å²) in [6.07, 6.45) is 0. The molecule has 0 heterocycles. The van der Waals surface area contributed by atoms with Crippen molar-refractivity contribution in [1.82, 2.24) is 5.48 Å². The van der Waals surface area contributed by atoms with Gasteiger partial charge in [-0.15, -0.1) is 0 Å². The Kier molecular flexibility index (Phi) is 3.93. The maximum absolute atomic E-state index is 11.7. The third-order valence-electron chi connectivity index (χ3n) is 1.63. The third-order valence-corrected chi connectivity index (χ3v) is 2.09. The Hall–Kier alpha value is -1.07. The average Bonchev–Trinajstić information content (AvgIpc) is 2.11. The van der Waals surface area contributed by atoms with Crippen LogP contribution in [0.4, 0.5) is 5.69 Å². The molecule has 1 amide bonds. The van der Waals surface area contributed by atoms with Crippen LogP contribution in [0.15, 0.2) is 22.7 Å². The van der Waals surface area contributed by atoms with Crippen LogP contribution in [0.1, 0.15) is 31.1 Å². The molecule has 1 aromatic rings. The number of nitrogens with two attached hydrogens (primary N) is 1. The van der Waals surface area contributed by atoms with Gasteiger partial charge in [-0.1, -0.05) is 15.9 Å². The number of rotatable bonds is 2. The predicted molar refractivity (Wildman–Crippen MR) is 66.9 cm³/mol. The molecule has 0 bridgehead atoms. The highest BCUT2D eigenvalue weighted by atomic mass is 79.9. The summed E-state index contributed by atoms with van der Waals surface area (Å²) in [6.45, 7) is 5.55. The van der Waals surface area contributed by atoms with E-state index in [4.69, 9.17) is 10.6 Å². The van der Waals surface area contributed by atoms with Crippen LogP contribution < -0.4 is 11.2 Å².